The zero-order valence-electron chi connectivity index (χ0n) is 13.3. The van der Waals surface area contributed by atoms with Gasteiger partial charge in [-0.3, -0.25) is 4.79 Å². The summed E-state index contributed by atoms with van der Waals surface area (Å²) >= 11 is 0. The van der Waals surface area contributed by atoms with E-state index >= 15 is 0 Å². The van der Waals surface area contributed by atoms with Gasteiger partial charge in [0, 0.05) is 12.1 Å². The monoisotopic (exact) mass is 354 g/mol. The molecule has 132 valence electrons. The Morgan fingerprint density at radius 1 is 1.32 bits per heavy atom. The maximum Gasteiger partial charge on any atom is 0.433 e. The Bertz CT molecular complexity index is 930. The van der Waals surface area contributed by atoms with Crippen LogP contribution in [0.4, 0.5) is 13.2 Å². The Kier molecular flexibility index (Phi) is 4.15. The highest BCUT2D eigenvalue weighted by Crippen LogP contribution is 2.30. The topological polar surface area (TPSA) is 98.2 Å². The number of aromatic nitrogens is 5. The van der Waals surface area contributed by atoms with E-state index in [0.29, 0.717) is 16.8 Å². The van der Waals surface area contributed by atoms with Crippen molar-refractivity contribution >= 4 is 11.6 Å². The van der Waals surface area contributed by atoms with E-state index in [9.17, 15) is 18.0 Å². The maximum atomic E-state index is 13.1. The standard InChI is InChI=1S/C14H13F3N6O2/c1-3-10-21-22-11(25-10)6-18-13(24)8-5-19-23-9(14(15,16)17)4-7(2)20-12(8)23/h4-5H,3,6H2,1-2H3,(H,18,24). The molecule has 3 aromatic heterocycles. The second-order valence-corrected chi connectivity index (χ2v) is 5.20. The van der Waals surface area contributed by atoms with Crippen LogP contribution in [0.3, 0.4) is 0 Å². The first-order chi connectivity index (χ1) is 11.8. The number of hydrogen-bond donors (Lipinski definition) is 1. The maximum absolute atomic E-state index is 13.1. The van der Waals surface area contributed by atoms with Crippen LogP contribution in [-0.4, -0.2) is 30.7 Å². The van der Waals surface area contributed by atoms with Gasteiger partial charge in [-0.05, 0) is 13.0 Å². The Labute approximate surface area is 139 Å². The number of carbonyl (C=O) groups excluding carboxylic acids is 1. The first kappa shape index (κ1) is 16.9. The van der Waals surface area contributed by atoms with Gasteiger partial charge < -0.3 is 9.73 Å². The lowest BCUT2D eigenvalue weighted by atomic mass is 10.3. The van der Waals surface area contributed by atoms with E-state index < -0.39 is 17.8 Å². The van der Waals surface area contributed by atoms with Gasteiger partial charge in [-0.25, -0.2) is 9.50 Å². The SMILES string of the molecule is CCc1nnc(CNC(=O)c2cnn3c(C(F)(F)F)cc(C)nc23)o1. The summed E-state index contributed by atoms with van der Waals surface area (Å²) in [6.07, 6.45) is -3.03. The van der Waals surface area contributed by atoms with Crippen molar-refractivity contribution in [1.82, 2.24) is 30.1 Å². The van der Waals surface area contributed by atoms with Crippen molar-refractivity contribution in [3.63, 3.8) is 0 Å². The summed E-state index contributed by atoms with van der Waals surface area (Å²) in [5.74, 6) is -0.0217. The molecular formula is C14H13F3N6O2. The van der Waals surface area contributed by atoms with Crippen LogP contribution in [-0.2, 0) is 19.1 Å². The van der Waals surface area contributed by atoms with E-state index in [0.717, 1.165) is 12.3 Å². The summed E-state index contributed by atoms with van der Waals surface area (Å²) in [7, 11) is 0. The molecule has 25 heavy (non-hydrogen) atoms. The van der Waals surface area contributed by atoms with Gasteiger partial charge in [-0.2, -0.15) is 18.3 Å². The second kappa shape index (κ2) is 6.15. The molecule has 0 aromatic carbocycles. The molecule has 3 rings (SSSR count). The molecule has 0 bridgehead atoms. The normalized spacial score (nSPS) is 11.9. The van der Waals surface area contributed by atoms with Crippen LogP contribution in [0.1, 0.15) is 40.5 Å². The minimum atomic E-state index is -4.62. The fraction of sp³-hybridized carbons (Fsp3) is 0.357. The Balaban J connectivity index is 1.88. The third-order valence-electron chi connectivity index (χ3n) is 3.35. The summed E-state index contributed by atoms with van der Waals surface area (Å²) in [6, 6.07) is 0.867. The van der Waals surface area contributed by atoms with Crippen molar-refractivity contribution in [2.24, 2.45) is 0 Å². The number of alkyl halides is 3. The molecule has 0 aliphatic carbocycles. The molecule has 0 saturated carbocycles. The Morgan fingerprint density at radius 3 is 2.68 bits per heavy atom. The fourth-order valence-electron chi connectivity index (χ4n) is 2.20. The molecule has 0 radical (unpaired) electrons. The number of fused-ring (bicyclic) bond motifs is 1. The number of aryl methyl sites for hydroxylation is 2. The number of rotatable bonds is 4. The van der Waals surface area contributed by atoms with Crippen molar-refractivity contribution in [2.45, 2.75) is 33.0 Å². The van der Waals surface area contributed by atoms with Crippen LogP contribution in [0.2, 0.25) is 0 Å². The van der Waals surface area contributed by atoms with Gasteiger partial charge in [0.05, 0.1) is 12.7 Å². The molecule has 8 nitrogen and oxygen atoms in total. The van der Waals surface area contributed by atoms with E-state index in [1.807, 2.05) is 6.92 Å². The second-order valence-electron chi connectivity index (χ2n) is 5.20. The summed E-state index contributed by atoms with van der Waals surface area (Å²) in [5.41, 5.74) is -1.13. The van der Waals surface area contributed by atoms with Crippen LogP contribution >= 0.6 is 0 Å². The molecule has 0 fully saturated rings. The van der Waals surface area contributed by atoms with Gasteiger partial charge in [0.1, 0.15) is 11.3 Å². The molecule has 1 amide bonds. The van der Waals surface area contributed by atoms with Crippen molar-refractivity contribution in [3.8, 4) is 0 Å². The smallest absolute Gasteiger partial charge is 0.423 e. The Morgan fingerprint density at radius 2 is 2.04 bits per heavy atom. The van der Waals surface area contributed by atoms with E-state index in [1.54, 1.807) is 0 Å². The van der Waals surface area contributed by atoms with Crippen LogP contribution in [0.5, 0.6) is 0 Å². The first-order valence-electron chi connectivity index (χ1n) is 7.31. The van der Waals surface area contributed by atoms with Crippen molar-refractivity contribution in [3.05, 3.63) is 41.0 Å². The molecule has 0 atom stereocenters. The highest BCUT2D eigenvalue weighted by Gasteiger charge is 2.35. The molecule has 1 N–H and O–H groups in total. The van der Waals surface area contributed by atoms with Gasteiger partial charge in [0.25, 0.3) is 5.91 Å². The predicted octanol–water partition coefficient (Wildman–Crippen LogP) is 1.93. The average molecular weight is 354 g/mol. The highest BCUT2D eigenvalue weighted by molar-refractivity contribution is 5.99. The van der Waals surface area contributed by atoms with E-state index in [-0.39, 0.29) is 29.3 Å². The molecular weight excluding hydrogens is 341 g/mol. The summed E-state index contributed by atoms with van der Waals surface area (Å²) in [4.78, 5) is 16.3. The number of hydrogen-bond acceptors (Lipinski definition) is 6. The van der Waals surface area contributed by atoms with E-state index in [2.05, 4.69) is 25.6 Å². The van der Waals surface area contributed by atoms with Crippen LogP contribution in [0, 0.1) is 6.92 Å². The largest absolute Gasteiger partial charge is 0.433 e. The van der Waals surface area contributed by atoms with Crippen molar-refractivity contribution in [1.29, 1.82) is 0 Å². The third kappa shape index (κ3) is 3.30. The summed E-state index contributed by atoms with van der Waals surface area (Å²) in [5, 5.41) is 13.6. The molecule has 0 saturated heterocycles. The lowest BCUT2D eigenvalue weighted by Crippen LogP contribution is -2.23. The molecule has 11 heteroatoms. The average Bonchev–Trinajstić information content (AvgIpc) is 3.17. The number of nitrogens with one attached hydrogen (secondary N) is 1. The number of carbonyl (C=O) groups is 1. The lowest BCUT2D eigenvalue weighted by Gasteiger charge is -2.09. The number of amides is 1. The lowest BCUT2D eigenvalue weighted by molar-refractivity contribution is -0.142. The van der Waals surface area contributed by atoms with Crippen molar-refractivity contribution < 1.29 is 22.4 Å². The van der Waals surface area contributed by atoms with Crippen molar-refractivity contribution in [2.75, 3.05) is 0 Å². The Hall–Kier alpha value is -2.98. The minimum Gasteiger partial charge on any atom is -0.423 e. The van der Waals surface area contributed by atoms with Gasteiger partial charge in [0.2, 0.25) is 11.8 Å². The number of nitrogens with zero attached hydrogens (tertiary/aromatic N) is 5. The van der Waals surface area contributed by atoms with Gasteiger partial charge in [-0.15, -0.1) is 10.2 Å². The third-order valence-corrected chi connectivity index (χ3v) is 3.35. The molecule has 0 unspecified atom stereocenters. The molecule has 0 aliphatic rings. The van der Waals surface area contributed by atoms with Crippen LogP contribution < -0.4 is 5.32 Å². The van der Waals surface area contributed by atoms with Crippen LogP contribution in [0.15, 0.2) is 16.7 Å². The van der Waals surface area contributed by atoms with Gasteiger partial charge in [0.15, 0.2) is 5.65 Å². The molecule has 0 aliphatic heterocycles. The summed E-state index contributed by atoms with van der Waals surface area (Å²) < 4.78 is 45.1. The van der Waals surface area contributed by atoms with Crippen LogP contribution in [0.25, 0.3) is 5.65 Å². The fourth-order valence-corrected chi connectivity index (χ4v) is 2.20. The number of halogens is 3. The molecule has 0 spiro atoms. The molecule has 3 heterocycles. The van der Waals surface area contributed by atoms with E-state index in [4.69, 9.17) is 4.42 Å². The van der Waals surface area contributed by atoms with E-state index in [1.165, 1.54) is 6.92 Å². The van der Waals surface area contributed by atoms with Gasteiger partial charge in [-0.1, -0.05) is 6.92 Å². The minimum absolute atomic E-state index is 0.0544. The molecule has 3 aromatic rings. The van der Waals surface area contributed by atoms with Gasteiger partial charge >= 0.3 is 6.18 Å². The quantitative estimate of drug-likeness (QED) is 0.769. The zero-order valence-corrected chi connectivity index (χ0v) is 13.3. The first-order valence-corrected chi connectivity index (χ1v) is 7.31. The highest BCUT2D eigenvalue weighted by atomic mass is 19.4. The predicted molar refractivity (Wildman–Crippen MR) is 77.6 cm³/mol. The summed E-state index contributed by atoms with van der Waals surface area (Å²) in [6.45, 7) is 3.19. The zero-order chi connectivity index (χ0) is 18.2.